The van der Waals surface area contributed by atoms with Gasteiger partial charge < -0.3 is 9.64 Å². The van der Waals surface area contributed by atoms with Gasteiger partial charge in [-0.05, 0) is 70.7 Å². The van der Waals surface area contributed by atoms with E-state index in [4.69, 9.17) is 4.74 Å². The van der Waals surface area contributed by atoms with Crippen LogP contribution >= 0.6 is 0 Å². The number of benzene rings is 1. The van der Waals surface area contributed by atoms with E-state index in [-0.39, 0.29) is 6.09 Å². The van der Waals surface area contributed by atoms with Gasteiger partial charge in [0.05, 0.1) is 5.52 Å². The first-order valence-electron chi connectivity index (χ1n) is 9.38. The molecule has 0 bridgehead atoms. The Bertz CT molecular complexity index is 734. The Balaban J connectivity index is 1.78. The summed E-state index contributed by atoms with van der Waals surface area (Å²) in [5, 5.41) is 1.15. The minimum absolute atomic E-state index is 0.304. The molecule has 0 aliphatic carbocycles. The molecule has 1 saturated heterocycles. The number of carbonyl (C=O) groups is 1. The molecule has 0 saturated carbocycles. The number of piperidine rings is 1. The summed E-state index contributed by atoms with van der Waals surface area (Å²) in [5.74, 6) is 0.852. The van der Waals surface area contributed by atoms with Crippen LogP contribution in [0.25, 0.3) is 10.9 Å². The molecule has 1 aliphatic rings. The first-order valence-corrected chi connectivity index (χ1v) is 9.38. The highest BCUT2D eigenvalue weighted by atomic mass is 16.6. The highest BCUT2D eigenvalue weighted by molar-refractivity contribution is 5.92. The molecular formula is C21H30N2O2. The number of carbonyl (C=O) groups excluding carboxylic acids is 1. The van der Waals surface area contributed by atoms with Gasteiger partial charge in [0.2, 0.25) is 0 Å². The highest BCUT2D eigenvalue weighted by Gasteiger charge is 2.21. The predicted molar refractivity (Wildman–Crippen MR) is 102 cm³/mol. The maximum absolute atomic E-state index is 12.6. The minimum Gasteiger partial charge on any atom is -0.443 e. The van der Waals surface area contributed by atoms with Crippen molar-refractivity contribution in [2.24, 2.45) is 5.92 Å². The summed E-state index contributed by atoms with van der Waals surface area (Å²) in [6, 6.07) is 8.10. The summed E-state index contributed by atoms with van der Waals surface area (Å²) in [6.07, 6.45) is 5.21. The fraction of sp³-hybridized carbons (Fsp3) is 0.571. The maximum atomic E-state index is 12.6. The molecular weight excluding hydrogens is 312 g/mol. The van der Waals surface area contributed by atoms with Crippen molar-refractivity contribution >= 4 is 17.0 Å². The Morgan fingerprint density at radius 2 is 1.88 bits per heavy atom. The predicted octanol–water partition coefficient (Wildman–Crippen LogP) is 4.70. The van der Waals surface area contributed by atoms with Crippen molar-refractivity contribution in [3.63, 3.8) is 0 Å². The molecule has 0 unspecified atom stereocenters. The zero-order valence-corrected chi connectivity index (χ0v) is 15.9. The van der Waals surface area contributed by atoms with E-state index >= 15 is 0 Å². The lowest BCUT2D eigenvalue weighted by molar-refractivity contribution is 0.0544. The molecule has 1 aromatic carbocycles. The number of hydrogen-bond acceptors (Lipinski definition) is 3. The highest BCUT2D eigenvalue weighted by Crippen LogP contribution is 2.24. The number of ether oxygens (including phenoxy) is 1. The fourth-order valence-corrected chi connectivity index (χ4v) is 3.48. The van der Waals surface area contributed by atoms with Crippen LogP contribution in [-0.2, 0) is 11.2 Å². The third kappa shape index (κ3) is 4.43. The topological polar surface area (TPSA) is 34.5 Å². The van der Waals surface area contributed by atoms with Crippen molar-refractivity contribution in [2.45, 2.75) is 52.6 Å². The molecule has 2 aromatic rings. The SMILES string of the molecule is CC1CCN(CCc2cn(C(=O)OC(C)(C)C)c3ccccc23)CC1. The van der Waals surface area contributed by atoms with Crippen LogP contribution in [-0.4, -0.2) is 40.8 Å². The van der Waals surface area contributed by atoms with Crippen LogP contribution in [0, 0.1) is 5.92 Å². The second kappa shape index (κ2) is 7.20. The average molecular weight is 342 g/mol. The van der Waals surface area contributed by atoms with E-state index in [1.807, 2.05) is 45.2 Å². The normalized spacial score (nSPS) is 17.1. The molecule has 4 nitrogen and oxygen atoms in total. The summed E-state index contributed by atoms with van der Waals surface area (Å²) < 4.78 is 7.23. The number of rotatable bonds is 3. The van der Waals surface area contributed by atoms with Crippen LogP contribution in [0.15, 0.2) is 30.5 Å². The van der Waals surface area contributed by atoms with E-state index in [0.717, 1.165) is 29.8 Å². The van der Waals surface area contributed by atoms with Crippen LogP contribution in [0.1, 0.15) is 46.1 Å². The fourth-order valence-electron chi connectivity index (χ4n) is 3.48. The molecule has 25 heavy (non-hydrogen) atoms. The van der Waals surface area contributed by atoms with Gasteiger partial charge in [0, 0.05) is 18.1 Å². The Morgan fingerprint density at radius 1 is 1.20 bits per heavy atom. The van der Waals surface area contributed by atoms with E-state index in [9.17, 15) is 4.79 Å². The van der Waals surface area contributed by atoms with Gasteiger partial charge in [0.1, 0.15) is 5.60 Å². The van der Waals surface area contributed by atoms with Gasteiger partial charge in [-0.3, -0.25) is 4.57 Å². The van der Waals surface area contributed by atoms with Crippen molar-refractivity contribution in [1.82, 2.24) is 9.47 Å². The number of likely N-dealkylation sites (tertiary alicyclic amines) is 1. The largest absolute Gasteiger partial charge is 0.443 e. The standard InChI is InChI=1S/C21H30N2O2/c1-16-9-12-22(13-10-16)14-11-17-15-23(20(24)25-21(2,3)4)19-8-6-5-7-18(17)19/h5-8,15-16H,9-14H2,1-4H3. The first-order chi connectivity index (χ1) is 11.8. The van der Waals surface area contributed by atoms with E-state index in [0.29, 0.717) is 0 Å². The summed E-state index contributed by atoms with van der Waals surface area (Å²) in [5.41, 5.74) is 1.66. The smallest absolute Gasteiger partial charge is 0.419 e. The van der Waals surface area contributed by atoms with Gasteiger partial charge >= 0.3 is 6.09 Å². The monoisotopic (exact) mass is 342 g/mol. The van der Waals surface area contributed by atoms with Gasteiger partial charge in [-0.15, -0.1) is 0 Å². The summed E-state index contributed by atoms with van der Waals surface area (Å²) in [4.78, 5) is 15.1. The Labute approximate surface area is 150 Å². The Hall–Kier alpha value is -1.81. The third-order valence-corrected chi connectivity index (χ3v) is 4.96. The summed E-state index contributed by atoms with van der Waals surface area (Å²) in [7, 11) is 0. The van der Waals surface area contributed by atoms with Gasteiger partial charge in [-0.1, -0.05) is 25.1 Å². The zero-order valence-electron chi connectivity index (χ0n) is 15.9. The molecule has 0 spiro atoms. The van der Waals surface area contributed by atoms with Crippen LogP contribution < -0.4 is 0 Å². The van der Waals surface area contributed by atoms with Crippen LogP contribution in [0.2, 0.25) is 0 Å². The van der Waals surface area contributed by atoms with E-state index < -0.39 is 5.60 Å². The molecule has 1 aliphatic heterocycles. The lowest BCUT2D eigenvalue weighted by Gasteiger charge is -2.30. The molecule has 0 amide bonds. The molecule has 0 atom stereocenters. The maximum Gasteiger partial charge on any atom is 0.419 e. The molecule has 1 aromatic heterocycles. The summed E-state index contributed by atoms with van der Waals surface area (Å²) in [6.45, 7) is 11.5. The van der Waals surface area contributed by atoms with Gasteiger partial charge in [-0.25, -0.2) is 4.79 Å². The second-order valence-electron chi connectivity index (χ2n) is 8.30. The molecule has 4 heteroatoms. The van der Waals surface area contributed by atoms with E-state index in [1.54, 1.807) is 4.57 Å². The number of hydrogen-bond donors (Lipinski definition) is 0. The number of fused-ring (bicyclic) bond motifs is 1. The quantitative estimate of drug-likeness (QED) is 0.811. The number of aromatic nitrogens is 1. The minimum atomic E-state index is -0.493. The Morgan fingerprint density at radius 3 is 2.56 bits per heavy atom. The van der Waals surface area contributed by atoms with E-state index in [2.05, 4.69) is 17.9 Å². The van der Waals surface area contributed by atoms with Gasteiger partial charge in [0.15, 0.2) is 0 Å². The van der Waals surface area contributed by atoms with Crippen molar-refractivity contribution < 1.29 is 9.53 Å². The van der Waals surface area contributed by atoms with Crippen LogP contribution in [0.5, 0.6) is 0 Å². The van der Waals surface area contributed by atoms with Crippen molar-refractivity contribution in [3.8, 4) is 0 Å². The molecule has 0 radical (unpaired) electrons. The summed E-state index contributed by atoms with van der Waals surface area (Å²) >= 11 is 0. The van der Waals surface area contributed by atoms with Crippen LogP contribution in [0.3, 0.4) is 0 Å². The number of para-hydroxylation sites is 1. The van der Waals surface area contributed by atoms with Crippen molar-refractivity contribution in [1.29, 1.82) is 0 Å². The average Bonchev–Trinajstić information content (AvgIpc) is 2.92. The molecule has 1 fully saturated rings. The van der Waals surface area contributed by atoms with Gasteiger partial charge in [0.25, 0.3) is 0 Å². The van der Waals surface area contributed by atoms with Crippen LogP contribution in [0.4, 0.5) is 4.79 Å². The lowest BCUT2D eigenvalue weighted by atomic mass is 9.99. The Kier molecular flexibility index (Phi) is 5.19. The van der Waals surface area contributed by atoms with Gasteiger partial charge in [-0.2, -0.15) is 0 Å². The second-order valence-corrected chi connectivity index (χ2v) is 8.30. The zero-order chi connectivity index (χ0) is 18.0. The molecule has 2 heterocycles. The lowest BCUT2D eigenvalue weighted by Crippen LogP contribution is -2.34. The molecule has 136 valence electrons. The third-order valence-electron chi connectivity index (χ3n) is 4.96. The van der Waals surface area contributed by atoms with Crippen molar-refractivity contribution in [3.05, 3.63) is 36.0 Å². The van der Waals surface area contributed by atoms with Crippen molar-refractivity contribution in [2.75, 3.05) is 19.6 Å². The molecule has 3 rings (SSSR count). The molecule has 0 N–H and O–H groups in total. The number of nitrogens with zero attached hydrogens (tertiary/aromatic N) is 2. The first kappa shape index (κ1) is 18.0. The van der Waals surface area contributed by atoms with E-state index in [1.165, 1.54) is 31.5 Å².